The number of benzene rings is 1. The van der Waals surface area contributed by atoms with Crippen LogP contribution < -0.4 is 4.90 Å². The minimum atomic E-state index is 1.000. The molecule has 1 radical (unpaired) electrons. The number of hydrogen-bond donors (Lipinski definition) is 0. The van der Waals surface area contributed by atoms with E-state index in [1.807, 2.05) is 12.1 Å². The van der Waals surface area contributed by atoms with Crippen LogP contribution in [-0.4, -0.2) is 18.1 Å². The highest BCUT2D eigenvalue weighted by molar-refractivity contribution is 5.39. The van der Waals surface area contributed by atoms with Crippen LogP contribution in [0.2, 0.25) is 0 Å². The lowest BCUT2D eigenvalue weighted by molar-refractivity contribution is 0.572. The molecule has 1 fully saturated rings. The average Bonchev–Trinajstić information content (AvgIpc) is 2.55. The van der Waals surface area contributed by atoms with E-state index in [0.29, 0.717) is 0 Å². The van der Waals surface area contributed by atoms with Gasteiger partial charge in [-0.25, -0.2) is 4.98 Å². The van der Waals surface area contributed by atoms with Crippen LogP contribution in [0, 0.1) is 6.07 Å². The topological polar surface area (TPSA) is 16.1 Å². The Morgan fingerprint density at radius 1 is 1.00 bits per heavy atom. The van der Waals surface area contributed by atoms with Crippen molar-refractivity contribution in [3.05, 3.63) is 59.8 Å². The lowest BCUT2D eigenvalue weighted by Gasteiger charge is -2.28. The number of anilines is 1. The van der Waals surface area contributed by atoms with Gasteiger partial charge in [-0.15, -0.1) is 0 Å². The standard InChI is InChI=1S/C18H21N2/c1-3-8-16(9-4-1)12-13-17-10-7-11-18(19-17)20-14-5-2-6-15-20/h1,3,7-11H,2,5-6,12-15H2. The molecule has 0 saturated carbocycles. The second-order valence-electron chi connectivity index (χ2n) is 5.45. The van der Waals surface area contributed by atoms with Crippen molar-refractivity contribution < 1.29 is 0 Å². The van der Waals surface area contributed by atoms with Gasteiger partial charge in [0, 0.05) is 18.8 Å². The molecule has 2 heterocycles. The van der Waals surface area contributed by atoms with E-state index in [1.54, 1.807) is 0 Å². The van der Waals surface area contributed by atoms with Crippen LogP contribution in [0.25, 0.3) is 0 Å². The summed E-state index contributed by atoms with van der Waals surface area (Å²) in [5.74, 6) is 1.15. The zero-order chi connectivity index (χ0) is 13.6. The molecule has 20 heavy (non-hydrogen) atoms. The van der Waals surface area contributed by atoms with E-state index in [2.05, 4.69) is 41.3 Å². The minimum Gasteiger partial charge on any atom is -0.357 e. The molecule has 0 amide bonds. The maximum absolute atomic E-state index is 4.83. The number of pyridine rings is 1. The predicted molar refractivity (Wildman–Crippen MR) is 83.0 cm³/mol. The fraction of sp³-hybridized carbons (Fsp3) is 0.389. The number of aromatic nitrogens is 1. The molecule has 103 valence electrons. The van der Waals surface area contributed by atoms with Crippen molar-refractivity contribution in [1.82, 2.24) is 4.98 Å². The van der Waals surface area contributed by atoms with Gasteiger partial charge in [0.1, 0.15) is 5.82 Å². The van der Waals surface area contributed by atoms with Gasteiger partial charge >= 0.3 is 0 Å². The predicted octanol–water partition coefficient (Wildman–Crippen LogP) is 3.66. The molecule has 0 aliphatic carbocycles. The van der Waals surface area contributed by atoms with Gasteiger partial charge in [0.25, 0.3) is 0 Å². The second-order valence-corrected chi connectivity index (χ2v) is 5.45. The molecule has 1 aliphatic rings. The lowest BCUT2D eigenvalue weighted by Crippen LogP contribution is -2.30. The fourth-order valence-corrected chi connectivity index (χ4v) is 2.76. The van der Waals surface area contributed by atoms with E-state index < -0.39 is 0 Å². The summed E-state index contributed by atoms with van der Waals surface area (Å²) in [6.45, 7) is 2.31. The molecule has 0 bridgehead atoms. The zero-order valence-corrected chi connectivity index (χ0v) is 11.9. The summed E-state index contributed by atoms with van der Waals surface area (Å²) < 4.78 is 0. The largest absolute Gasteiger partial charge is 0.357 e. The maximum atomic E-state index is 4.83. The molecule has 1 aromatic carbocycles. The third-order valence-corrected chi connectivity index (χ3v) is 3.91. The molecule has 0 unspecified atom stereocenters. The molecule has 0 atom stereocenters. The van der Waals surface area contributed by atoms with E-state index in [9.17, 15) is 0 Å². The fourth-order valence-electron chi connectivity index (χ4n) is 2.76. The van der Waals surface area contributed by atoms with Crippen molar-refractivity contribution in [3.63, 3.8) is 0 Å². The zero-order valence-electron chi connectivity index (χ0n) is 11.9. The summed E-state index contributed by atoms with van der Waals surface area (Å²) in [4.78, 5) is 7.25. The molecule has 0 N–H and O–H groups in total. The van der Waals surface area contributed by atoms with E-state index in [1.165, 1.54) is 30.5 Å². The maximum Gasteiger partial charge on any atom is 0.128 e. The summed E-state index contributed by atoms with van der Waals surface area (Å²) in [6.07, 6.45) is 5.99. The van der Waals surface area contributed by atoms with Crippen LogP contribution in [0.5, 0.6) is 0 Å². The normalized spacial score (nSPS) is 15.3. The Hall–Kier alpha value is -1.83. The third-order valence-electron chi connectivity index (χ3n) is 3.91. The molecule has 3 rings (SSSR count). The second kappa shape index (κ2) is 6.56. The lowest BCUT2D eigenvalue weighted by atomic mass is 10.1. The first-order valence-electron chi connectivity index (χ1n) is 7.58. The Bertz CT molecular complexity index is 530. The van der Waals surface area contributed by atoms with Crippen LogP contribution in [0.1, 0.15) is 30.5 Å². The highest BCUT2D eigenvalue weighted by atomic mass is 15.2. The van der Waals surface area contributed by atoms with Crippen LogP contribution in [0.3, 0.4) is 0 Å². The van der Waals surface area contributed by atoms with E-state index >= 15 is 0 Å². The Balaban J connectivity index is 1.65. The van der Waals surface area contributed by atoms with Gasteiger partial charge in [-0.05, 0) is 55.9 Å². The minimum absolute atomic E-state index is 1.000. The van der Waals surface area contributed by atoms with E-state index in [-0.39, 0.29) is 0 Å². The number of aryl methyl sites for hydroxylation is 2. The third kappa shape index (κ3) is 3.38. The summed E-state index contributed by atoms with van der Waals surface area (Å²) in [5, 5.41) is 0. The van der Waals surface area contributed by atoms with Crippen molar-refractivity contribution in [1.29, 1.82) is 0 Å². The van der Waals surface area contributed by atoms with Gasteiger partial charge in [-0.2, -0.15) is 0 Å². The van der Waals surface area contributed by atoms with Crippen LogP contribution in [-0.2, 0) is 12.8 Å². The van der Waals surface area contributed by atoms with Gasteiger partial charge in [0.15, 0.2) is 0 Å². The SMILES string of the molecule is [c]1cccc(CCc2cccc(N3CCCCC3)n2)c1. The van der Waals surface area contributed by atoms with Crippen LogP contribution in [0.4, 0.5) is 5.82 Å². The number of rotatable bonds is 4. The summed E-state index contributed by atoms with van der Waals surface area (Å²) in [5.41, 5.74) is 2.52. The number of hydrogen-bond acceptors (Lipinski definition) is 2. The quantitative estimate of drug-likeness (QED) is 0.838. The first-order valence-corrected chi connectivity index (χ1v) is 7.58. The van der Waals surface area contributed by atoms with E-state index in [0.717, 1.165) is 31.7 Å². The van der Waals surface area contributed by atoms with Crippen molar-refractivity contribution in [2.75, 3.05) is 18.0 Å². The number of piperidine rings is 1. The summed E-state index contributed by atoms with van der Waals surface area (Å²) in [7, 11) is 0. The van der Waals surface area contributed by atoms with Crippen LogP contribution in [0.15, 0.2) is 42.5 Å². The molecule has 2 nitrogen and oxygen atoms in total. The molecule has 2 aromatic rings. The number of nitrogens with zero attached hydrogens (tertiary/aromatic N) is 2. The van der Waals surface area contributed by atoms with Gasteiger partial charge in [0.2, 0.25) is 0 Å². The monoisotopic (exact) mass is 265 g/mol. The van der Waals surface area contributed by atoms with Crippen molar-refractivity contribution in [2.24, 2.45) is 0 Å². The average molecular weight is 265 g/mol. The molecule has 2 heteroatoms. The molecule has 0 spiro atoms. The van der Waals surface area contributed by atoms with Crippen molar-refractivity contribution in [2.45, 2.75) is 32.1 Å². The Morgan fingerprint density at radius 3 is 2.70 bits per heavy atom. The Morgan fingerprint density at radius 2 is 1.90 bits per heavy atom. The van der Waals surface area contributed by atoms with Crippen molar-refractivity contribution in [3.8, 4) is 0 Å². The molecule has 1 aliphatic heterocycles. The van der Waals surface area contributed by atoms with Gasteiger partial charge in [-0.3, -0.25) is 0 Å². The molecule has 1 aromatic heterocycles. The first kappa shape index (κ1) is 13.2. The van der Waals surface area contributed by atoms with Crippen molar-refractivity contribution >= 4 is 5.82 Å². The van der Waals surface area contributed by atoms with Gasteiger partial charge in [-0.1, -0.05) is 30.3 Å². The van der Waals surface area contributed by atoms with E-state index in [4.69, 9.17) is 4.98 Å². The Kier molecular flexibility index (Phi) is 4.32. The van der Waals surface area contributed by atoms with Gasteiger partial charge < -0.3 is 4.90 Å². The van der Waals surface area contributed by atoms with Gasteiger partial charge in [0.05, 0.1) is 0 Å². The molecular weight excluding hydrogens is 244 g/mol. The summed E-state index contributed by atoms with van der Waals surface area (Å²) in [6, 6.07) is 17.8. The summed E-state index contributed by atoms with van der Waals surface area (Å²) >= 11 is 0. The Labute approximate surface area is 121 Å². The highest BCUT2D eigenvalue weighted by Crippen LogP contribution is 2.18. The highest BCUT2D eigenvalue weighted by Gasteiger charge is 2.12. The smallest absolute Gasteiger partial charge is 0.128 e. The molecule has 1 saturated heterocycles. The first-order chi connectivity index (χ1) is 9.92. The molecular formula is C18H21N2. The van der Waals surface area contributed by atoms with Crippen LogP contribution >= 0.6 is 0 Å².